The molecule has 2 N–H and O–H groups in total. The number of benzene rings is 1. The van der Waals surface area contributed by atoms with E-state index in [1.807, 2.05) is 37.9 Å². The molecule has 0 radical (unpaired) electrons. The van der Waals surface area contributed by atoms with Gasteiger partial charge in [-0.15, -0.1) is 0 Å². The molecule has 7 nitrogen and oxygen atoms in total. The first-order valence-corrected chi connectivity index (χ1v) is 11.1. The van der Waals surface area contributed by atoms with Crippen molar-refractivity contribution in [1.82, 2.24) is 25.3 Å². The van der Waals surface area contributed by atoms with Crippen LogP contribution in [0.1, 0.15) is 39.3 Å². The van der Waals surface area contributed by atoms with Crippen LogP contribution >= 0.6 is 0 Å². The molecule has 0 spiro atoms. The molecule has 0 aliphatic carbocycles. The first kappa shape index (κ1) is 22.8. The zero-order chi connectivity index (χ0) is 22.2. The van der Waals surface area contributed by atoms with Crippen molar-refractivity contribution in [1.29, 1.82) is 0 Å². The maximum Gasteiger partial charge on any atom is 0.225 e. The van der Waals surface area contributed by atoms with Crippen LogP contribution in [0.25, 0.3) is 5.69 Å². The van der Waals surface area contributed by atoms with E-state index in [-0.39, 0.29) is 17.6 Å². The van der Waals surface area contributed by atoms with E-state index in [9.17, 15) is 9.18 Å². The van der Waals surface area contributed by atoms with Crippen molar-refractivity contribution in [3.05, 3.63) is 48.0 Å². The molecular weight excluding hydrogens is 395 g/mol. The molecule has 1 amide bonds. The van der Waals surface area contributed by atoms with Crippen molar-refractivity contribution in [2.75, 3.05) is 26.2 Å². The summed E-state index contributed by atoms with van der Waals surface area (Å²) in [5.74, 6) is 0.828. The number of guanidine groups is 1. The summed E-state index contributed by atoms with van der Waals surface area (Å²) >= 11 is 0. The Hall–Kier alpha value is -2.90. The Morgan fingerprint density at radius 2 is 1.94 bits per heavy atom. The molecule has 0 saturated carbocycles. The van der Waals surface area contributed by atoms with Gasteiger partial charge in [0.1, 0.15) is 5.82 Å². The summed E-state index contributed by atoms with van der Waals surface area (Å²) in [5, 5.41) is 11.4. The highest BCUT2D eigenvalue weighted by molar-refractivity contribution is 5.80. The van der Waals surface area contributed by atoms with Crippen LogP contribution in [0.3, 0.4) is 0 Å². The lowest BCUT2D eigenvalue weighted by molar-refractivity contribution is -0.135. The molecule has 31 heavy (non-hydrogen) atoms. The van der Waals surface area contributed by atoms with E-state index >= 15 is 0 Å². The highest BCUT2D eigenvalue weighted by Crippen LogP contribution is 2.13. The van der Waals surface area contributed by atoms with Gasteiger partial charge in [0, 0.05) is 50.8 Å². The molecule has 0 atom stereocenters. The largest absolute Gasteiger partial charge is 0.357 e. The average molecular weight is 429 g/mol. The minimum atomic E-state index is -0.258. The molecular formula is C23H33FN6O. The number of piperidine rings is 1. The van der Waals surface area contributed by atoms with E-state index in [1.54, 1.807) is 16.8 Å². The number of amides is 1. The number of likely N-dealkylation sites (tertiary alicyclic amines) is 1. The van der Waals surface area contributed by atoms with Crippen LogP contribution in [-0.4, -0.2) is 58.8 Å². The summed E-state index contributed by atoms with van der Waals surface area (Å²) in [6.45, 7) is 8.92. The van der Waals surface area contributed by atoms with Crippen LogP contribution in [0.4, 0.5) is 4.39 Å². The number of halogens is 1. The fraction of sp³-hybridized carbons (Fsp3) is 0.522. The molecule has 1 aliphatic heterocycles. The van der Waals surface area contributed by atoms with Gasteiger partial charge in [0.2, 0.25) is 5.91 Å². The number of nitrogens with zero attached hydrogens (tertiary/aromatic N) is 4. The maximum atomic E-state index is 13.1. The van der Waals surface area contributed by atoms with Crippen molar-refractivity contribution in [2.24, 2.45) is 10.9 Å². The quantitative estimate of drug-likeness (QED) is 0.525. The number of hydrogen-bond acceptors (Lipinski definition) is 3. The van der Waals surface area contributed by atoms with Crippen molar-refractivity contribution >= 4 is 11.9 Å². The number of carbonyl (C=O) groups excluding carboxylic acids is 1. The second-order valence-corrected chi connectivity index (χ2v) is 8.14. The van der Waals surface area contributed by atoms with E-state index in [4.69, 9.17) is 4.99 Å². The van der Waals surface area contributed by atoms with Gasteiger partial charge in [-0.25, -0.2) is 9.07 Å². The third kappa shape index (κ3) is 6.54. The second kappa shape index (κ2) is 10.9. The molecule has 8 heteroatoms. The fourth-order valence-corrected chi connectivity index (χ4v) is 3.64. The molecule has 1 fully saturated rings. The van der Waals surface area contributed by atoms with Gasteiger partial charge < -0.3 is 15.5 Å². The standard InChI is InChI=1S/C23H33FN6O/c1-4-25-23(27-19-10-14-29(15-11-19)22(31)17(2)3)26-13-9-20-12-16-30(28-20)21-7-5-18(24)6-8-21/h5-8,12,16-17,19H,4,9-11,13-15H2,1-3H3,(H2,25,26,27). The molecule has 1 aliphatic rings. The summed E-state index contributed by atoms with van der Waals surface area (Å²) in [6, 6.07) is 8.54. The van der Waals surface area contributed by atoms with Crippen LogP contribution in [0, 0.1) is 11.7 Å². The molecule has 0 unspecified atom stereocenters. The second-order valence-electron chi connectivity index (χ2n) is 8.14. The Labute approximate surface area is 183 Å². The van der Waals surface area contributed by atoms with Crippen molar-refractivity contribution < 1.29 is 9.18 Å². The predicted molar refractivity (Wildman–Crippen MR) is 121 cm³/mol. The van der Waals surface area contributed by atoms with Gasteiger partial charge in [-0.05, 0) is 50.1 Å². The van der Waals surface area contributed by atoms with Gasteiger partial charge in [-0.3, -0.25) is 9.79 Å². The number of aliphatic imine (C=N–C) groups is 1. The van der Waals surface area contributed by atoms with Gasteiger partial charge in [0.25, 0.3) is 0 Å². The summed E-state index contributed by atoms with van der Waals surface area (Å²) in [4.78, 5) is 18.8. The summed E-state index contributed by atoms with van der Waals surface area (Å²) in [7, 11) is 0. The van der Waals surface area contributed by atoms with E-state index in [0.717, 1.165) is 49.8 Å². The third-order valence-electron chi connectivity index (χ3n) is 5.36. The summed E-state index contributed by atoms with van der Waals surface area (Å²) in [5.41, 5.74) is 1.76. The molecule has 0 bridgehead atoms. The van der Waals surface area contributed by atoms with Gasteiger partial charge in [-0.1, -0.05) is 13.8 Å². The maximum absolute atomic E-state index is 13.1. The van der Waals surface area contributed by atoms with Crippen LogP contribution in [0.15, 0.2) is 41.5 Å². The van der Waals surface area contributed by atoms with E-state index in [0.29, 0.717) is 19.0 Å². The number of carbonyl (C=O) groups is 1. The molecule has 1 aromatic heterocycles. The summed E-state index contributed by atoms with van der Waals surface area (Å²) < 4.78 is 14.8. The molecule has 1 saturated heterocycles. The SMILES string of the molecule is CCNC(=NCCc1ccn(-c2ccc(F)cc2)n1)NC1CCN(C(=O)C(C)C)CC1. The number of hydrogen-bond donors (Lipinski definition) is 2. The fourth-order valence-electron chi connectivity index (χ4n) is 3.64. The van der Waals surface area contributed by atoms with Crippen molar-refractivity contribution in [3.63, 3.8) is 0 Å². The smallest absolute Gasteiger partial charge is 0.225 e. The highest BCUT2D eigenvalue weighted by Gasteiger charge is 2.24. The lowest BCUT2D eigenvalue weighted by Crippen LogP contribution is -2.50. The normalized spacial score (nSPS) is 15.4. The Balaban J connectivity index is 1.50. The molecule has 2 aromatic rings. The minimum Gasteiger partial charge on any atom is -0.357 e. The lowest BCUT2D eigenvalue weighted by Gasteiger charge is -2.34. The number of aromatic nitrogens is 2. The van der Waals surface area contributed by atoms with Crippen molar-refractivity contribution in [2.45, 2.75) is 46.1 Å². The topological polar surface area (TPSA) is 74.6 Å². The highest BCUT2D eigenvalue weighted by atomic mass is 19.1. The van der Waals surface area contributed by atoms with Crippen molar-refractivity contribution in [3.8, 4) is 5.69 Å². The molecule has 1 aromatic carbocycles. The molecule has 2 heterocycles. The Morgan fingerprint density at radius 1 is 1.23 bits per heavy atom. The Bertz CT molecular complexity index is 868. The van der Waals surface area contributed by atoms with Gasteiger partial charge in [0.15, 0.2) is 5.96 Å². The van der Waals surface area contributed by atoms with Gasteiger partial charge in [-0.2, -0.15) is 5.10 Å². The van der Waals surface area contributed by atoms with Gasteiger partial charge >= 0.3 is 0 Å². The minimum absolute atomic E-state index is 0.0509. The van der Waals surface area contributed by atoms with E-state index in [2.05, 4.69) is 15.7 Å². The lowest BCUT2D eigenvalue weighted by atomic mass is 10.0. The molecule has 3 rings (SSSR count). The summed E-state index contributed by atoms with van der Waals surface area (Å²) in [6.07, 6.45) is 4.43. The van der Waals surface area contributed by atoms with Crippen LogP contribution in [0.5, 0.6) is 0 Å². The van der Waals surface area contributed by atoms with Crippen LogP contribution < -0.4 is 10.6 Å². The zero-order valence-corrected chi connectivity index (χ0v) is 18.6. The zero-order valence-electron chi connectivity index (χ0n) is 18.6. The van der Waals surface area contributed by atoms with Crippen LogP contribution in [0.2, 0.25) is 0 Å². The molecule has 168 valence electrons. The Morgan fingerprint density at radius 3 is 2.58 bits per heavy atom. The van der Waals surface area contributed by atoms with Crippen LogP contribution in [-0.2, 0) is 11.2 Å². The number of nitrogens with one attached hydrogen (secondary N) is 2. The number of rotatable bonds is 7. The monoisotopic (exact) mass is 428 g/mol. The Kier molecular flexibility index (Phi) is 8.03. The predicted octanol–water partition coefficient (Wildman–Crippen LogP) is 2.76. The average Bonchev–Trinajstić information content (AvgIpc) is 3.23. The first-order chi connectivity index (χ1) is 15.0. The third-order valence-corrected chi connectivity index (χ3v) is 5.36. The van der Waals surface area contributed by atoms with E-state index in [1.165, 1.54) is 12.1 Å². The van der Waals surface area contributed by atoms with Gasteiger partial charge in [0.05, 0.1) is 11.4 Å². The first-order valence-electron chi connectivity index (χ1n) is 11.1. The van der Waals surface area contributed by atoms with E-state index < -0.39 is 0 Å².